The smallest absolute Gasteiger partial charge is 0.410 e. The van der Waals surface area contributed by atoms with Gasteiger partial charge in [0.15, 0.2) is 5.65 Å². The van der Waals surface area contributed by atoms with Crippen LogP contribution in [0.2, 0.25) is 0 Å². The lowest BCUT2D eigenvalue weighted by Gasteiger charge is -2.27. The molecule has 3 heterocycles. The first kappa shape index (κ1) is 13.9. The summed E-state index contributed by atoms with van der Waals surface area (Å²) in [5.41, 5.74) is 1.09. The van der Waals surface area contributed by atoms with Crippen molar-refractivity contribution in [1.29, 1.82) is 0 Å². The standard InChI is InChI=1S/C15H20N4O2/c1-15(2,3)21-14(20)19-9-5-7-11(19)13-17-10-6-4-8-16-12(10)18-13/h4,6,8,11H,5,7,9H2,1-3H3,(H,16,17,18). The highest BCUT2D eigenvalue weighted by Crippen LogP contribution is 2.32. The summed E-state index contributed by atoms with van der Waals surface area (Å²) >= 11 is 0. The quantitative estimate of drug-likeness (QED) is 0.875. The fourth-order valence-electron chi connectivity index (χ4n) is 2.61. The Hall–Kier alpha value is -2.11. The van der Waals surface area contributed by atoms with E-state index in [0.29, 0.717) is 12.2 Å². The molecule has 2 aromatic heterocycles. The number of H-pyrrole nitrogens is 1. The van der Waals surface area contributed by atoms with Crippen molar-refractivity contribution >= 4 is 17.3 Å². The van der Waals surface area contributed by atoms with E-state index in [0.717, 1.165) is 24.2 Å². The molecular weight excluding hydrogens is 268 g/mol. The number of nitrogens with zero attached hydrogens (tertiary/aromatic N) is 3. The summed E-state index contributed by atoms with van der Waals surface area (Å²) < 4.78 is 5.48. The van der Waals surface area contributed by atoms with E-state index in [9.17, 15) is 4.79 Å². The van der Waals surface area contributed by atoms with Gasteiger partial charge in [-0.2, -0.15) is 0 Å². The zero-order chi connectivity index (χ0) is 15.0. The van der Waals surface area contributed by atoms with Gasteiger partial charge >= 0.3 is 6.09 Å². The minimum Gasteiger partial charge on any atom is -0.444 e. The summed E-state index contributed by atoms with van der Waals surface area (Å²) in [7, 11) is 0. The molecule has 1 aliphatic rings. The van der Waals surface area contributed by atoms with Gasteiger partial charge in [-0.05, 0) is 45.7 Å². The molecule has 0 aliphatic carbocycles. The number of carbonyl (C=O) groups excluding carboxylic acids is 1. The number of amides is 1. The molecule has 1 amide bonds. The van der Waals surface area contributed by atoms with Gasteiger partial charge in [0.2, 0.25) is 0 Å². The zero-order valence-electron chi connectivity index (χ0n) is 12.6. The minimum absolute atomic E-state index is 0.0611. The Labute approximate surface area is 123 Å². The van der Waals surface area contributed by atoms with E-state index in [1.165, 1.54) is 0 Å². The van der Waals surface area contributed by atoms with Gasteiger partial charge in [0.1, 0.15) is 11.4 Å². The first-order valence-electron chi connectivity index (χ1n) is 7.24. The lowest BCUT2D eigenvalue weighted by molar-refractivity contribution is 0.0219. The van der Waals surface area contributed by atoms with E-state index in [2.05, 4.69) is 15.0 Å². The molecule has 1 saturated heterocycles. The Morgan fingerprint density at radius 3 is 3.00 bits per heavy atom. The summed E-state index contributed by atoms with van der Waals surface area (Å²) in [5.74, 6) is 0.784. The van der Waals surface area contributed by atoms with Crippen molar-refractivity contribution < 1.29 is 9.53 Å². The number of hydrogen-bond acceptors (Lipinski definition) is 4. The van der Waals surface area contributed by atoms with Crippen LogP contribution in [0.3, 0.4) is 0 Å². The van der Waals surface area contributed by atoms with Crippen LogP contribution in [-0.4, -0.2) is 38.1 Å². The Kier molecular flexibility index (Phi) is 3.31. The Morgan fingerprint density at radius 2 is 2.29 bits per heavy atom. The van der Waals surface area contributed by atoms with E-state index in [-0.39, 0.29) is 12.1 Å². The zero-order valence-corrected chi connectivity index (χ0v) is 12.6. The van der Waals surface area contributed by atoms with Gasteiger partial charge in [-0.15, -0.1) is 0 Å². The molecule has 1 N–H and O–H groups in total. The predicted molar refractivity (Wildman–Crippen MR) is 78.8 cm³/mol. The van der Waals surface area contributed by atoms with Gasteiger partial charge in [-0.25, -0.2) is 14.8 Å². The molecule has 1 unspecified atom stereocenters. The number of likely N-dealkylation sites (tertiary alicyclic amines) is 1. The second kappa shape index (κ2) is 5.02. The van der Waals surface area contributed by atoms with E-state index in [4.69, 9.17) is 4.74 Å². The van der Waals surface area contributed by atoms with Gasteiger partial charge < -0.3 is 9.72 Å². The number of rotatable bonds is 1. The number of fused-ring (bicyclic) bond motifs is 1. The van der Waals surface area contributed by atoms with Crippen LogP contribution in [0.4, 0.5) is 4.79 Å². The number of imidazole rings is 1. The predicted octanol–water partition coefficient (Wildman–Crippen LogP) is 3.03. The van der Waals surface area contributed by atoms with Crippen molar-refractivity contribution in [3.8, 4) is 0 Å². The van der Waals surface area contributed by atoms with Gasteiger partial charge in [-0.3, -0.25) is 4.90 Å². The highest BCUT2D eigenvalue weighted by molar-refractivity contribution is 5.71. The molecule has 2 aromatic rings. The Morgan fingerprint density at radius 1 is 1.48 bits per heavy atom. The first-order valence-corrected chi connectivity index (χ1v) is 7.24. The highest BCUT2D eigenvalue weighted by atomic mass is 16.6. The number of carbonyl (C=O) groups is 1. The van der Waals surface area contributed by atoms with E-state index >= 15 is 0 Å². The third-order valence-electron chi connectivity index (χ3n) is 3.47. The van der Waals surface area contributed by atoms with Gasteiger partial charge in [0, 0.05) is 12.7 Å². The molecule has 0 spiro atoms. The summed E-state index contributed by atoms with van der Waals surface area (Å²) in [6.45, 7) is 6.33. The molecule has 0 bridgehead atoms. The fraction of sp³-hybridized carbons (Fsp3) is 0.533. The van der Waals surface area contributed by atoms with Crippen LogP contribution in [0.1, 0.15) is 45.5 Å². The van der Waals surface area contributed by atoms with Crippen LogP contribution in [0.25, 0.3) is 11.2 Å². The monoisotopic (exact) mass is 288 g/mol. The summed E-state index contributed by atoms with van der Waals surface area (Å²) in [6, 6.07) is 3.74. The molecule has 0 saturated carbocycles. The number of aromatic nitrogens is 3. The minimum atomic E-state index is -0.486. The summed E-state index contributed by atoms with van der Waals surface area (Å²) in [5, 5.41) is 0. The SMILES string of the molecule is CC(C)(C)OC(=O)N1CCCC1c1nc2ncccc2[nH]1. The van der Waals surface area contributed by atoms with Crippen molar-refractivity contribution in [3.05, 3.63) is 24.2 Å². The molecule has 112 valence electrons. The second-order valence-electron chi connectivity index (χ2n) is 6.33. The van der Waals surface area contributed by atoms with E-state index in [1.807, 2.05) is 32.9 Å². The lowest BCUT2D eigenvalue weighted by Crippen LogP contribution is -2.36. The van der Waals surface area contributed by atoms with Gasteiger partial charge in [0.05, 0.1) is 11.6 Å². The average molecular weight is 288 g/mol. The third kappa shape index (κ3) is 2.84. The number of hydrogen-bond donors (Lipinski definition) is 1. The first-order chi connectivity index (χ1) is 9.94. The maximum atomic E-state index is 12.3. The number of nitrogens with one attached hydrogen (secondary N) is 1. The molecule has 0 aromatic carbocycles. The van der Waals surface area contributed by atoms with Crippen LogP contribution >= 0.6 is 0 Å². The van der Waals surface area contributed by atoms with Gasteiger partial charge in [-0.1, -0.05) is 0 Å². The third-order valence-corrected chi connectivity index (χ3v) is 3.47. The molecule has 0 radical (unpaired) electrons. The molecule has 3 rings (SSSR count). The molecule has 6 heteroatoms. The van der Waals surface area contributed by atoms with Crippen LogP contribution in [-0.2, 0) is 4.74 Å². The maximum Gasteiger partial charge on any atom is 0.410 e. The Balaban J connectivity index is 1.85. The summed E-state index contributed by atoms with van der Waals surface area (Å²) in [6.07, 6.45) is 3.28. The lowest BCUT2D eigenvalue weighted by atomic mass is 10.2. The van der Waals surface area contributed by atoms with Crippen molar-refractivity contribution in [2.24, 2.45) is 0 Å². The molecular formula is C15H20N4O2. The van der Waals surface area contributed by atoms with Crippen LogP contribution in [0.5, 0.6) is 0 Å². The van der Waals surface area contributed by atoms with Crippen LogP contribution in [0, 0.1) is 0 Å². The van der Waals surface area contributed by atoms with Crippen molar-refractivity contribution in [2.45, 2.75) is 45.3 Å². The second-order valence-corrected chi connectivity index (χ2v) is 6.33. The number of pyridine rings is 1. The topological polar surface area (TPSA) is 71.1 Å². The van der Waals surface area contributed by atoms with Crippen molar-refractivity contribution in [3.63, 3.8) is 0 Å². The normalized spacial score (nSPS) is 19.2. The Bertz CT molecular complexity index is 626. The highest BCUT2D eigenvalue weighted by Gasteiger charge is 2.34. The molecule has 21 heavy (non-hydrogen) atoms. The van der Waals surface area contributed by atoms with Crippen LogP contribution < -0.4 is 0 Å². The van der Waals surface area contributed by atoms with Gasteiger partial charge in [0.25, 0.3) is 0 Å². The molecule has 1 fully saturated rings. The number of ether oxygens (including phenoxy) is 1. The fourth-order valence-corrected chi connectivity index (χ4v) is 2.61. The largest absolute Gasteiger partial charge is 0.444 e. The molecule has 6 nitrogen and oxygen atoms in total. The molecule has 1 aliphatic heterocycles. The average Bonchev–Trinajstić information content (AvgIpc) is 3.02. The van der Waals surface area contributed by atoms with Crippen LogP contribution in [0.15, 0.2) is 18.3 Å². The van der Waals surface area contributed by atoms with Crippen molar-refractivity contribution in [1.82, 2.24) is 19.9 Å². The maximum absolute atomic E-state index is 12.3. The molecule has 1 atom stereocenters. The number of aromatic amines is 1. The van der Waals surface area contributed by atoms with Crippen molar-refractivity contribution in [2.75, 3.05) is 6.54 Å². The van der Waals surface area contributed by atoms with E-state index < -0.39 is 5.60 Å². The summed E-state index contributed by atoms with van der Waals surface area (Å²) in [4.78, 5) is 26.1. The van der Waals surface area contributed by atoms with E-state index in [1.54, 1.807) is 11.1 Å².